The van der Waals surface area contributed by atoms with Crippen LogP contribution in [0.4, 0.5) is 0 Å². The molecule has 0 radical (unpaired) electrons. The maximum absolute atomic E-state index is 5.53. The minimum absolute atomic E-state index is 0.382. The standard InChI is InChI=1S/C14H19NO2/c1-10(15-13-5-6-16-9-13)11-2-3-14-12(8-11)4-7-17-14/h2-3,8,10,13,15H,4-7,9H2,1H3. The molecule has 2 atom stereocenters. The van der Waals surface area contributed by atoms with Crippen LogP contribution < -0.4 is 10.1 Å². The van der Waals surface area contributed by atoms with E-state index in [1.165, 1.54) is 11.1 Å². The summed E-state index contributed by atoms with van der Waals surface area (Å²) in [5, 5.41) is 3.62. The smallest absolute Gasteiger partial charge is 0.122 e. The first-order valence-electron chi connectivity index (χ1n) is 6.42. The number of rotatable bonds is 3. The van der Waals surface area contributed by atoms with E-state index in [0.29, 0.717) is 12.1 Å². The first-order chi connectivity index (χ1) is 8.33. The molecule has 2 unspecified atom stereocenters. The highest BCUT2D eigenvalue weighted by Crippen LogP contribution is 2.28. The third-order valence-electron chi connectivity index (χ3n) is 3.63. The van der Waals surface area contributed by atoms with Crippen LogP contribution in [0.25, 0.3) is 0 Å². The number of hydrogen-bond donors (Lipinski definition) is 1. The van der Waals surface area contributed by atoms with Crippen molar-refractivity contribution in [3.8, 4) is 5.75 Å². The molecule has 0 bridgehead atoms. The van der Waals surface area contributed by atoms with Crippen LogP contribution in [-0.2, 0) is 11.2 Å². The monoisotopic (exact) mass is 233 g/mol. The summed E-state index contributed by atoms with van der Waals surface area (Å²) in [4.78, 5) is 0. The predicted octanol–water partition coefficient (Wildman–Crippen LogP) is 2.06. The largest absolute Gasteiger partial charge is 0.493 e. The summed E-state index contributed by atoms with van der Waals surface area (Å²) >= 11 is 0. The Hall–Kier alpha value is -1.06. The summed E-state index contributed by atoms with van der Waals surface area (Å²) in [6.07, 6.45) is 2.17. The van der Waals surface area contributed by atoms with Crippen molar-refractivity contribution in [2.24, 2.45) is 0 Å². The summed E-state index contributed by atoms with van der Waals surface area (Å²) in [5.74, 6) is 1.06. The van der Waals surface area contributed by atoms with Crippen molar-refractivity contribution >= 4 is 0 Å². The highest BCUT2D eigenvalue weighted by Gasteiger charge is 2.19. The minimum Gasteiger partial charge on any atom is -0.493 e. The summed E-state index contributed by atoms with van der Waals surface area (Å²) in [7, 11) is 0. The lowest BCUT2D eigenvalue weighted by Gasteiger charge is -2.19. The minimum atomic E-state index is 0.382. The van der Waals surface area contributed by atoms with Crippen LogP contribution in [0.1, 0.15) is 30.5 Å². The van der Waals surface area contributed by atoms with Gasteiger partial charge in [0, 0.05) is 25.1 Å². The van der Waals surface area contributed by atoms with Gasteiger partial charge >= 0.3 is 0 Å². The summed E-state index contributed by atoms with van der Waals surface area (Å²) in [6.45, 7) is 4.79. The van der Waals surface area contributed by atoms with E-state index in [-0.39, 0.29) is 0 Å². The average Bonchev–Trinajstić information content (AvgIpc) is 2.97. The highest BCUT2D eigenvalue weighted by molar-refractivity contribution is 5.40. The molecule has 1 N–H and O–H groups in total. The third kappa shape index (κ3) is 2.31. The predicted molar refractivity (Wildman–Crippen MR) is 66.4 cm³/mol. The van der Waals surface area contributed by atoms with E-state index in [1.807, 2.05) is 0 Å². The molecule has 1 aromatic rings. The molecule has 2 aliphatic heterocycles. The molecule has 0 spiro atoms. The zero-order valence-corrected chi connectivity index (χ0v) is 10.2. The van der Waals surface area contributed by atoms with Gasteiger partial charge in [-0.2, -0.15) is 0 Å². The molecule has 17 heavy (non-hydrogen) atoms. The second-order valence-electron chi connectivity index (χ2n) is 4.91. The van der Waals surface area contributed by atoms with Crippen molar-refractivity contribution in [2.45, 2.75) is 31.8 Å². The van der Waals surface area contributed by atoms with Gasteiger partial charge in [-0.05, 0) is 30.5 Å². The van der Waals surface area contributed by atoms with Crippen LogP contribution in [0, 0.1) is 0 Å². The van der Waals surface area contributed by atoms with Gasteiger partial charge in [0.25, 0.3) is 0 Å². The Morgan fingerprint density at radius 1 is 1.35 bits per heavy atom. The van der Waals surface area contributed by atoms with Gasteiger partial charge in [0.1, 0.15) is 5.75 Å². The van der Waals surface area contributed by atoms with Crippen LogP contribution in [0.2, 0.25) is 0 Å². The van der Waals surface area contributed by atoms with Gasteiger partial charge in [0.05, 0.1) is 13.2 Å². The van der Waals surface area contributed by atoms with E-state index in [9.17, 15) is 0 Å². The van der Waals surface area contributed by atoms with E-state index in [4.69, 9.17) is 9.47 Å². The molecular weight excluding hydrogens is 214 g/mol. The van der Waals surface area contributed by atoms with E-state index in [2.05, 4.69) is 30.4 Å². The third-order valence-corrected chi connectivity index (χ3v) is 3.63. The molecule has 0 aliphatic carbocycles. The van der Waals surface area contributed by atoms with Crippen molar-refractivity contribution in [1.29, 1.82) is 0 Å². The Labute approximate surface area is 102 Å². The quantitative estimate of drug-likeness (QED) is 0.867. The molecule has 1 fully saturated rings. The lowest BCUT2D eigenvalue weighted by molar-refractivity contribution is 0.188. The number of fused-ring (bicyclic) bond motifs is 1. The van der Waals surface area contributed by atoms with Crippen LogP contribution in [0.15, 0.2) is 18.2 Å². The molecule has 2 aliphatic rings. The molecule has 92 valence electrons. The van der Waals surface area contributed by atoms with E-state index >= 15 is 0 Å². The SMILES string of the molecule is CC(NC1CCOC1)c1ccc2c(c1)CCO2. The second-order valence-corrected chi connectivity index (χ2v) is 4.91. The fourth-order valence-electron chi connectivity index (χ4n) is 2.59. The van der Waals surface area contributed by atoms with Crippen LogP contribution in [-0.4, -0.2) is 25.9 Å². The van der Waals surface area contributed by atoms with Crippen LogP contribution in [0.5, 0.6) is 5.75 Å². The van der Waals surface area contributed by atoms with Gasteiger partial charge in [-0.3, -0.25) is 0 Å². The Morgan fingerprint density at radius 2 is 2.29 bits per heavy atom. The van der Waals surface area contributed by atoms with Crippen LogP contribution >= 0.6 is 0 Å². The Bertz CT molecular complexity index is 399. The van der Waals surface area contributed by atoms with Gasteiger partial charge in [-0.15, -0.1) is 0 Å². The highest BCUT2D eigenvalue weighted by atomic mass is 16.5. The maximum atomic E-state index is 5.53. The molecule has 0 aromatic heterocycles. The molecule has 2 heterocycles. The summed E-state index contributed by atoms with van der Waals surface area (Å²) < 4.78 is 10.9. The zero-order valence-electron chi connectivity index (χ0n) is 10.2. The Balaban J connectivity index is 1.70. The topological polar surface area (TPSA) is 30.5 Å². The molecule has 1 aromatic carbocycles. The molecule has 0 saturated carbocycles. The Morgan fingerprint density at radius 3 is 3.12 bits per heavy atom. The number of hydrogen-bond acceptors (Lipinski definition) is 3. The van der Waals surface area contributed by atoms with E-state index < -0.39 is 0 Å². The molecule has 0 amide bonds. The first-order valence-corrected chi connectivity index (χ1v) is 6.42. The maximum Gasteiger partial charge on any atom is 0.122 e. The average molecular weight is 233 g/mol. The molecule has 3 nitrogen and oxygen atoms in total. The molecule has 3 rings (SSSR count). The first kappa shape index (κ1) is 11.1. The fourth-order valence-corrected chi connectivity index (χ4v) is 2.59. The van der Waals surface area contributed by atoms with Crippen molar-refractivity contribution in [1.82, 2.24) is 5.32 Å². The van der Waals surface area contributed by atoms with Crippen molar-refractivity contribution in [2.75, 3.05) is 19.8 Å². The molecule has 1 saturated heterocycles. The number of nitrogens with one attached hydrogen (secondary N) is 1. The van der Waals surface area contributed by atoms with Gasteiger partial charge in [0.2, 0.25) is 0 Å². The summed E-state index contributed by atoms with van der Waals surface area (Å²) in [5.41, 5.74) is 2.69. The van der Waals surface area contributed by atoms with Crippen molar-refractivity contribution < 1.29 is 9.47 Å². The zero-order chi connectivity index (χ0) is 11.7. The lowest BCUT2D eigenvalue weighted by atomic mass is 10.0. The van der Waals surface area contributed by atoms with Crippen LogP contribution in [0.3, 0.4) is 0 Å². The Kier molecular flexibility index (Phi) is 3.04. The number of ether oxygens (including phenoxy) is 2. The number of benzene rings is 1. The van der Waals surface area contributed by atoms with Gasteiger partial charge < -0.3 is 14.8 Å². The van der Waals surface area contributed by atoms with Gasteiger partial charge in [0.15, 0.2) is 0 Å². The second kappa shape index (κ2) is 4.67. The normalized spacial score (nSPS) is 24.4. The van der Waals surface area contributed by atoms with E-state index in [1.54, 1.807) is 0 Å². The van der Waals surface area contributed by atoms with Gasteiger partial charge in [-0.25, -0.2) is 0 Å². The molecular formula is C14H19NO2. The van der Waals surface area contributed by atoms with Crippen molar-refractivity contribution in [3.05, 3.63) is 29.3 Å². The lowest BCUT2D eigenvalue weighted by Crippen LogP contribution is -2.31. The fraction of sp³-hybridized carbons (Fsp3) is 0.571. The van der Waals surface area contributed by atoms with Gasteiger partial charge in [-0.1, -0.05) is 12.1 Å². The van der Waals surface area contributed by atoms with E-state index in [0.717, 1.165) is 38.4 Å². The summed E-state index contributed by atoms with van der Waals surface area (Å²) in [6, 6.07) is 7.43. The molecule has 3 heteroatoms. The van der Waals surface area contributed by atoms with Crippen molar-refractivity contribution in [3.63, 3.8) is 0 Å².